The Hall–Kier alpha value is -1.63. The van der Waals surface area contributed by atoms with Gasteiger partial charge in [0.2, 0.25) is 0 Å². The van der Waals surface area contributed by atoms with Crippen LogP contribution < -0.4 is 0 Å². The molecule has 3 nitrogen and oxygen atoms in total. The van der Waals surface area contributed by atoms with Crippen molar-refractivity contribution in [2.75, 3.05) is 6.16 Å². The van der Waals surface area contributed by atoms with Crippen LogP contribution in [0.3, 0.4) is 0 Å². The summed E-state index contributed by atoms with van der Waals surface area (Å²) >= 11 is 0. The van der Waals surface area contributed by atoms with Crippen molar-refractivity contribution >= 4 is 25.1 Å². The average Bonchev–Trinajstić information content (AvgIpc) is 3.41. The molecule has 0 aliphatic heterocycles. The minimum absolute atomic E-state index is 0.209. The highest BCUT2D eigenvalue weighted by Crippen LogP contribution is 2.59. The Bertz CT molecular complexity index is 1390. The predicted octanol–water partition coefficient (Wildman–Crippen LogP) is 14.3. The summed E-state index contributed by atoms with van der Waals surface area (Å²) in [4.78, 5) is 0. The van der Waals surface area contributed by atoms with E-state index in [1.165, 1.54) is 48.8 Å². The van der Waals surface area contributed by atoms with Crippen LogP contribution in [0.15, 0.2) is 84.0 Å². The Labute approximate surface area is 316 Å². The summed E-state index contributed by atoms with van der Waals surface area (Å²) in [6.07, 6.45) is 15.8. The van der Waals surface area contributed by atoms with Crippen LogP contribution in [-0.2, 0) is 13.4 Å². The van der Waals surface area contributed by atoms with E-state index in [0.29, 0.717) is 31.6 Å². The van der Waals surface area contributed by atoms with Gasteiger partial charge in [-0.2, -0.15) is 0 Å². The van der Waals surface area contributed by atoms with Gasteiger partial charge in [0, 0.05) is 6.16 Å². The lowest BCUT2D eigenvalue weighted by atomic mass is 9.61. The Balaban J connectivity index is 0.000000405. The second-order valence-corrected chi connectivity index (χ2v) is 29.5. The molecule has 51 heavy (non-hydrogen) atoms. The van der Waals surface area contributed by atoms with E-state index in [9.17, 15) is 4.57 Å². The Kier molecular flexibility index (Phi) is 14.2. The number of fused-ring (bicyclic) bond motifs is 1. The highest BCUT2D eigenvalue weighted by molar-refractivity contribution is 7.23. The molecule has 0 radical (unpaired) electrons. The number of benzene rings is 2. The van der Waals surface area contributed by atoms with E-state index < -0.39 is 16.6 Å². The van der Waals surface area contributed by atoms with Crippen LogP contribution in [0.4, 0.5) is 0 Å². The first-order valence-electron chi connectivity index (χ1n) is 19.9. The quantitative estimate of drug-likeness (QED) is 0.189. The van der Waals surface area contributed by atoms with Gasteiger partial charge in [0.05, 0.1) is 12.2 Å². The molecule has 3 aliphatic carbocycles. The molecule has 0 aromatic heterocycles. The van der Waals surface area contributed by atoms with Crippen molar-refractivity contribution in [2.24, 2.45) is 23.2 Å². The van der Waals surface area contributed by atoms with E-state index in [1.54, 1.807) is 5.57 Å². The summed E-state index contributed by atoms with van der Waals surface area (Å²) in [6, 6.07) is 20.8. The van der Waals surface area contributed by atoms with Crippen LogP contribution in [0.1, 0.15) is 107 Å². The SMILES string of the molecule is C[C@H](CP=O)C1CCC2/C(=C/C=C3C[C@@H](O[Si](C)(C)C(C)(C)C)C[C@H](O[Si](C)(C)C(C)(C)C)C3)CCC[C@@]21C.c1ccc(-c2ccccc2)cc1. The maximum Gasteiger partial charge on any atom is 0.192 e. The summed E-state index contributed by atoms with van der Waals surface area (Å²) in [6.45, 7) is 28.5. The van der Waals surface area contributed by atoms with E-state index in [1.807, 2.05) is 12.1 Å². The minimum Gasteiger partial charge on any atom is -0.414 e. The molecule has 5 rings (SSSR count). The molecule has 0 saturated heterocycles. The zero-order valence-corrected chi connectivity index (χ0v) is 37.2. The fraction of sp³-hybridized carbons (Fsp3) is 0.644. The van der Waals surface area contributed by atoms with Crippen molar-refractivity contribution in [1.29, 1.82) is 0 Å². The van der Waals surface area contributed by atoms with Gasteiger partial charge in [0.1, 0.15) is 0 Å². The highest BCUT2D eigenvalue weighted by Gasteiger charge is 2.50. The number of hydrogen-bond acceptors (Lipinski definition) is 3. The topological polar surface area (TPSA) is 35.5 Å². The fourth-order valence-electron chi connectivity index (χ4n) is 8.58. The highest BCUT2D eigenvalue weighted by atomic mass is 31.1. The maximum absolute atomic E-state index is 11.4. The number of allylic oxidation sites excluding steroid dienone is 3. The lowest BCUT2D eigenvalue weighted by Crippen LogP contribution is -2.48. The average molecular weight is 747 g/mol. The van der Waals surface area contributed by atoms with Gasteiger partial charge in [-0.25, -0.2) is 0 Å². The summed E-state index contributed by atoms with van der Waals surface area (Å²) in [5, 5.41) is 0.417. The van der Waals surface area contributed by atoms with Crippen molar-refractivity contribution in [1.82, 2.24) is 0 Å². The van der Waals surface area contributed by atoms with E-state index in [0.717, 1.165) is 25.4 Å². The third-order valence-corrected chi connectivity index (χ3v) is 23.3. The molecule has 3 aliphatic rings. The summed E-state index contributed by atoms with van der Waals surface area (Å²) in [7, 11) is -3.42. The molecule has 0 spiro atoms. The smallest absolute Gasteiger partial charge is 0.192 e. The molecule has 3 fully saturated rings. The van der Waals surface area contributed by atoms with Crippen molar-refractivity contribution in [3.63, 3.8) is 0 Å². The Morgan fingerprint density at radius 2 is 1.29 bits per heavy atom. The van der Waals surface area contributed by atoms with Gasteiger partial charge in [-0.1, -0.05) is 139 Å². The molecule has 0 bridgehead atoms. The summed E-state index contributed by atoms with van der Waals surface area (Å²) < 4.78 is 25.4. The normalized spacial score (nSPS) is 27.5. The molecule has 6 atom stereocenters. The van der Waals surface area contributed by atoms with Gasteiger partial charge in [-0.3, -0.25) is 4.57 Å². The first kappa shape index (κ1) is 42.1. The van der Waals surface area contributed by atoms with E-state index in [-0.39, 0.29) is 22.3 Å². The van der Waals surface area contributed by atoms with E-state index in [2.05, 4.69) is 142 Å². The van der Waals surface area contributed by atoms with Crippen molar-refractivity contribution in [2.45, 2.75) is 155 Å². The zero-order chi connectivity index (χ0) is 37.7. The Morgan fingerprint density at radius 3 is 1.75 bits per heavy atom. The second kappa shape index (κ2) is 17.2. The van der Waals surface area contributed by atoms with Crippen LogP contribution in [-0.4, -0.2) is 35.0 Å². The van der Waals surface area contributed by atoms with E-state index >= 15 is 0 Å². The van der Waals surface area contributed by atoms with Crippen LogP contribution in [0, 0.1) is 23.2 Å². The lowest BCUT2D eigenvalue weighted by molar-refractivity contribution is 0.0725. The molecule has 6 heteroatoms. The Morgan fingerprint density at radius 1 is 0.804 bits per heavy atom. The van der Waals surface area contributed by atoms with Gasteiger partial charge < -0.3 is 8.85 Å². The molecular formula is C45H71O3PSi2. The first-order chi connectivity index (χ1) is 23.8. The van der Waals surface area contributed by atoms with Gasteiger partial charge in [-0.15, -0.1) is 0 Å². The van der Waals surface area contributed by atoms with Gasteiger partial charge in [0.15, 0.2) is 25.1 Å². The molecule has 282 valence electrons. The van der Waals surface area contributed by atoms with Gasteiger partial charge in [0.25, 0.3) is 0 Å². The largest absolute Gasteiger partial charge is 0.414 e. The molecule has 0 amide bonds. The third kappa shape index (κ3) is 10.7. The van der Waals surface area contributed by atoms with Crippen molar-refractivity contribution in [3.8, 4) is 11.1 Å². The monoisotopic (exact) mass is 746 g/mol. The molecule has 2 aromatic rings. The van der Waals surface area contributed by atoms with Crippen LogP contribution in [0.25, 0.3) is 11.1 Å². The van der Waals surface area contributed by atoms with Crippen molar-refractivity contribution in [3.05, 3.63) is 84.0 Å². The lowest BCUT2D eigenvalue weighted by Gasteiger charge is -2.45. The first-order valence-corrected chi connectivity index (χ1v) is 26.7. The number of rotatable bonds is 9. The zero-order valence-electron chi connectivity index (χ0n) is 34.4. The molecule has 3 saturated carbocycles. The molecular weight excluding hydrogens is 676 g/mol. The number of hydrogen-bond donors (Lipinski definition) is 0. The van der Waals surface area contributed by atoms with E-state index in [4.69, 9.17) is 8.85 Å². The summed E-state index contributed by atoms with van der Waals surface area (Å²) in [5.74, 6) is 1.91. The van der Waals surface area contributed by atoms with Crippen LogP contribution in [0.5, 0.6) is 0 Å². The summed E-state index contributed by atoms with van der Waals surface area (Å²) in [5.41, 5.74) is 6.10. The molecule has 2 unspecified atom stereocenters. The predicted molar refractivity (Wildman–Crippen MR) is 226 cm³/mol. The molecule has 0 heterocycles. The third-order valence-electron chi connectivity index (χ3n) is 13.5. The van der Waals surface area contributed by atoms with Gasteiger partial charge >= 0.3 is 0 Å². The second-order valence-electron chi connectivity index (χ2n) is 19.3. The van der Waals surface area contributed by atoms with Crippen LogP contribution >= 0.6 is 8.46 Å². The standard InChI is InChI=1S/C33H61O3PSi2.C12H10/c1-24(23-37-34)29-17-18-30-26(14-13-19-33(29,30)8)16-15-25-20-27(35-38(9,10)31(2,3)4)22-28(21-25)36-39(11,12)32(5,6)7;1-3-7-11(8-4-1)12-9-5-2-6-10-12/h15-16,24,27-30H,13-14,17-23H2,1-12H3;1-10H/b26-16+;/t24-,27-,28-,29?,30?,33-;/m1./s1. The molecule has 2 aromatic carbocycles. The molecule has 0 N–H and O–H groups in total. The van der Waals surface area contributed by atoms with Gasteiger partial charge in [-0.05, 0) is 122 Å². The minimum atomic E-state index is -1.86. The fourth-order valence-corrected chi connectivity index (χ4v) is 11.8. The van der Waals surface area contributed by atoms with Crippen molar-refractivity contribution < 1.29 is 13.4 Å². The van der Waals surface area contributed by atoms with Crippen LogP contribution in [0.2, 0.25) is 36.3 Å². The maximum atomic E-state index is 11.4.